The predicted octanol–water partition coefficient (Wildman–Crippen LogP) is 2.82. The van der Waals surface area contributed by atoms with Crippen molar-refractivity contribution in [3.63, 3.8) is 0 Å². The molecule has 0 aliphatic rings. The molecule has 0 fully saturated rings. The van der Waals surface area contributed by atoms with E-state index in [1.807, 2.05) is 31.2 Å². The van der Waals surface area contributed by atoms with E-state index in [2.05, 4.69) is 10.3 Å². The molecule has 0 spiro atoms. The second-order valence-corrected chi connectivity index (χ2v) is 5.40. The van der Waals surface area contributed by atoms with E-state index >= 15 is 0 Å². The molecular formula is C16H16N2O4S. The monoisotopic (exact) mass is 332 g/mol. The number of hydrogen-bond donors (Lipinski definition) is 2. The first kappa shape index (κ1) is 16.7. The molecule has 7 heteroatoms. The number of aromatic nitrogens is 1. The summed E-state index contributed by atoms with van der Waals surface area (Å²) in [5.41, 5.74) is 1.27. The maximum absolute atomic E-state index is 11.8. The minimum absolute atomic E-state index is 0.160. The number of aliphatic carboxylic acids is 1. The first-order chi connectivity index (χ1) is 11.1. The van der Waals surface area contributed by atoms with Crippen LogP contribution in [0.5, 0.6) is 5.75 Å². The van der Waals surface area contributed by atoms with E-state index in [4.69, 9.17) is 9.84 Å². The van der Waals surface area contributed by atoms with Gasteiger partial charge in [0.15, 0.2) is 5.13 Å². The van der Waals surface area contributed by atoms with Gasteiger partial charge in [-0.25, -0.2) is 4.98 Å². The van der Waals surface area contributed by atoms with Crippen molar-refractivity contribution < 1.29 is 19.4 Å². The predicted molar refractivity (Wildman–Crippen MR) is 88.7 cm³/mol. The van der Waals surface area contributed by atoms with Crippen LogP contribution in [0.2, 0.25) is 0 Å². The summed E-state index contributed by atoms with van der Waals surface area (Å²) in [5.74, 6) is -0.543. The molecule has 0 atom stereocenters. The number of hydrogen-bond acceptors (Lipinski definition) is 5. The molecule has 6 nitrogen and oxygen atoms in total. The summed E-state index contributed by atoms with van der Waals surface area (Å²) < 4.78 is 5.39. The highest BCUT2D eigenvalue weighted by molar-refractivity contribution is 7.14. The topological polar surface area (TPSA) is 88.5 Å². The standard InChI is InChI=1S/C16H16N2O4S/c1-2-22-13-5-3-4-11(8-13)6-7-14(19)18-16-17-12(10-23-16)9-15(20)21/h3-8,10H,2,9H2,1H3,(H,20,21)(H,17,18,19)/b7-6+. The van der Waals surface area contributed by atoms with Crippen LogP contribution < -0.4 is 10.1 Å². The highest BCUT2D eigenvalue weighted by atomic mass is 32.1. The minimum atomic E-state index is -0.956. The quantitative estimate of drug-likeness (QED) is 0.761. The number of carboxylic acid groups (broad SMARTS) is 1. The van der Waals surface area contributed by atoms with Crippen LogP contribution in [-0.4, -0.2) is 28.6 Å². The number of ether oxygens (including phenoxy) is 1. The molecule has 1 aromatic carbocycles. The zero-order valence-corrected chi connectivity index (χ0v) is 13.3. The number of thiazole rings is 1. The van der Waals surface area contributed by atoms with E-state index in [9.17, 15) is 9.59 Å². The summed E-state index contributed by atoms with van der Waals surface area (Å²) in [6.07, 6.45) is 2.90. The molecular weight excluding hydrogens is 316 g/mol. The van der Waals surface area contributed by atoms with Crippen molar-refractivity contribution in [1.29, 1.82) is 0 Å². The summed E-state index contributed by atoms with van der Waals surface area (Å²) in [4.78, 5) is 26.5. The van der Waals surface area contributed by atoms with Gasteiger partial charge in [-0.2, -0.15) is 0 Å². The maximum atomic E-state index is 11.8. The van der Waals surface area contributed by atoms with E-state index < -0.39 is 5.97 Å². The van der Waals surface area contributed by atoms with Crippen LogP contribution in [0.25, 0.3) is 6.08 Å². The van der Waals surface area contributed by atoms with Crippen LogP contribution in [0.4, 0.5) is 5.13 Å². The first-order valence-corrected chi connectivity index (χ1v) is 7.83. The molecule has 1 heterocycles. The van der Waals surface area contributed by atoms with E-state index in [1.54, 1.807) is 11.5 Å². The van der Waals surface area contributed by atoms with Gasteiger partial charge < -0.3 is 9.84 Å². The van der Waals surface area contributed by atoms with E-state index in [-0.39, 0.29) is 12.3 Å². The number of nitrogens with one attached hydrogen (secondary N) is 1. The van der Waals surface area contributed by atoms with Gasteiger partial charge >= 0.3 is 5.97 Å². The number of anilines is 1. The Morgan fingerprint density at radius 1 is 1.43 bits per heavy atom. The van der Waals surface area contributed by atoms with Crippen molar-refractivity contribution in [3.05, 3.63) is 47.0 Å². The Bertz CT molecular complexity index is 724. The third kappa shape index (κ3) is 5.55. The Morgan fingerprint density at radius 2 is 2.26 bits per heavy atom. The average molecular weight is 332 g/mol. The zero-order chi connectivity index (χ0) is 16.7. The number of carbonyl (C=O) groups is 2. The number of carbonyl (C=O) groups excluding carboxylic acids is 1. The molecule has 0 saturated carbocycles. The zero-order valence-electron chi connectivity index (χ0n) is 12.5. The summed E-state index contributed by atoms with van der Waals surface area (Å²) in [5, 5.41) is 13.3. The molecule has 1 aromatic heterocycles. The van der Waals surface area contributed by atoms with Crippen LogP contribution in [0, 0.1) is 0 Å². The molecule has 0 aliphatic carbocycles. The molecule has 23 heavy (non-hydrogen) atoms. The van der Waals surface area contributed by atoms with Crippen LogP contribution in [0.15, 0.2) is 35.7 Å². The Kier molecular flexibility index (Phi) is 5.87. The number of benzene rings is 1. The number of rotatable bonds is 7. The lowest BCUT2D eigenvalue weighted by Crippen LogP contribution is -2.08. The average Bonchev–Trinajstić information content (AvgIpc) is 2.92. The van der Waals surface area contributed by atoms with Gasteiger partial charge in [-0.3, -0.25) is 14.9 Å². The number of nitrogens with zero attached hydrogens (tertiary/aromatic N) is 1. The molecule has 0 aliphatic heterocycles. The molecule has 120 valence electrons. The fourth-order valence-electron chi connectivity index (χ4n) is 1.79. The lowest BCUT2D eigenvalue weighted by Gasteiger charge is -2.03. The van der Waals surface area contributed by atoms with Crippen molar-refractivity contribution in [1.82, 2.24) is 4.98 Å². The van der Waals surface area contributed by atoms with E-state index in [1.165, 1.54) is 17.4 Å². The Hall–Kier alpha value is -2.67. The summed E-state index contributed by atoms with van der Waals surface area (Å²) >= 11 is 1.19. The second kappa shape index (κ2) is 8.09. The Morgan fingerprint density at radius 3 is 3.00 bits per heavy atom. The second-order valence-electron chi connectivity index (χ2n) is 4.54. The van der Waals surface area contributed by atoms with Crippen LogP contribution in [-0.2, 0) is 16.0 Å². The van der Waals surface area contributed by atoms with Gasteiger partial charge in [0.1, 0.15) is 5.75 Å². The molecule has 2 rings (SSSR count). The lowest BCUT2D eigenvalue weighted by atomic mass is 10.2. The normalized spacial score (nSPS) is 10.7. The summed E-state index contributed by atoms with van der Waals surface area (Å²) in [7, 11) is 0. The smallest absolute Gasteiger partial charge is 0.309 e. The molecule has 0 radical (unpaired) electrons. The number of amides is 1. The van der Waals surface area contributed by atoms with Gasteiger partial charge in [0.2, 0.25) is 5.91 Å². The third-order valence-corrected chi connectivity index (χ3v) is 3.52. The highest BCUT2D eigenvalue weighted by Gasteiger charge is 2.07. The van der Waals surface area contributed by atoms with Crippen LogP contribution in [0.1, 0.15) is 18.2 Å². The molecule has 2 N–H and O–H groups in total. The molecule has 2 aromatic rings. The summed E-state index contributed by atoms with van der Waals surface area (Å²) in [6.45, 7) is 2.49. The molecule has 0 bridgehead atoms. The highest BCUT2D eigenvalue weighted by Crippen LogP contribution is 2.17. The fourth-order valence-corrected chi connectivity index (χ4v) is 2.51. The van der Waals surface area contributed by atoms with Gasteiger partial charge in [-0.05, 0) is 30.7 Å². The van der Waals surface area contributed by atoms with Crippen molar-refractivity contribution in [2.75, 3.05) is 11.9 Å². The van der Waals surface area contributed by atoms with Gasteiger partial charge in [0.25, 0.3) is 0 Å². The van der Waals surface area contributed by atoms with Crippen molar-refractivity contribution in [2.24, 2.45) is 0 Å². The van der Waals surface area contributed by atoms with Crippen molar-refractivity contribution >= 4 is 34.4 Å². The van der Waals surface area contributed by atoms with Crippen molar-refractivity contribution in [3.8, 4) is 5.75 Å². The lowest BCUT2D eigenvalue weighted by molar-refractivity contribution is -0.136. The van der Waals surface area contributed by atoms with Gasteiger partial charge in [-0.15, -0.1) is 11.3 Å². The SMILES string of the molecule is CCOc1cccc(/C=C/C(=O)Nc2nc(CC(=O)O)cs2)c1. The molecule has 0 unspecified atom stereocenters. The Labute approximate surface area is 137 Å². The van der Waals surface area contributed by atoms with Crippen molar-refractivity contribution in [2.45, 2.75) is 13.3 Å². The van der Waals surface area contributed by atoms with Gasteiger partial charge in [0.05, 0.1) is 18.7 Å². The fraction of sp³-hybridized carbons (Fsp3) is 0.188. The van der Waals surface area contributed by atoms with Crippen LogP contribution >= 0.6 is 11.3 Å². The van der Waals surface area contributed by atoms with Crippen LogP contribution in [0.3, 0.4) is 0 Å². The molecule has 1 amide bonds. The first-order valence-electron chi connectivity index (χ1n) is 6.95. The van der Waals surface area contributed by atoms with E-state index in [0.29, 0.717) is 17.4 Å². The Balaban J connectivity index is 1.94. The third-order valence-electron chi connectivity index (χ3n) is 2.71. The van der Waals surface area contributed by atoms with E-state index in [0.717, 1.165) is 11.3 Å². The summed E-state index contributed by atoms with van der Waals surface area (Å²) in [6, 6.07) is 7.39. The maximum Gasteiger partial charge on any atom is 0.309 e. The van der Waals surface area contributed by atoms with Gasteiger partial charge in [0, 0.05) is 11.5 Å². The molecule has 0 saturated heterocycles. The minimum Gasteiger partial charge on any atom is -0.494 e. The largest absolute Gasteiger partial charge is 0.494 e. The van der Waals surface area contributed by atoms with Gasteiger partial charge in [-0.1, -0.05) is 12.1 Å². The number of carboxylic acids is 1.